The lowest BCUT2D eigenvalue weighted by Gasteiger charge is -2.55. The third-order valence-electron chi connectivity index (χ3n) is 10.4. The summed E-state index contributed by atoms with van der Waals surface area (Å²) in [5.41, 5.74) is 4.71. The monoisotopic (exact) mass is 517 g/mol. The van der Waals surface area contributed by atoms with Gasteiger partial charge in [0.25, 0.3) is 0 Å². The molecule has 4 nitrogen and oxygen atoms in total. The number of nitriles is 1. The predicted molar refractivity (Wildman–Crippen MR) is 150 cm³/mol. The largest absolute Gasteiger partial charge is 0.377 e. The zero-order valence-corrected chi connectivity index (χ0v) is 22.8. The number of Topliss-reactive ketones (excluding diaryl/α,β-unsaturated/α-hetero) is 1. The molecule has 0 aromatic heterocycles. The van der Waals surface area contributed by atoms with Crippen LogP contribution < -0.4 is 0 Å². The van der Waals surface area contributed by atoms with E-state index in [0.29, 0.717) is 41.4 Å². The number of allylic oxidation sites excluding steroid dienone is 8. The second-order valence-electron chi connectivity index (χ2n) is 12.3. The van der Waals surface area contributed by atoms with Crippen molar-refractivity contribution in [2.24, 2.45) is 29.1 Å². The number of carbonyl (C=O) groups excluding carboxylic acids is 2. The van der Waals surface area contributed by atoms with Gasteiger partial charge in [-0.3, -0.25) is 9.59 Å². The predicted octanol–water partition coefficient (Wildman–Crippen LogP) is 6.43. The molecule has 4 heteroatoms. The summed E-state index contributed by atoms with van der Waals surface area (Å²) in [6, 6.07) is 8.90. The van der Waals surface area contributed by atoms with Gasteiger partial charge in [0.1, 0.15) is 5.60 Å². The first-order chi connectivity index (χ1) is 18.8. The van der Waals surface area contributed by atoms with E-state index in [9.17, 15) is 14.7 Å². The normalized spacial score (nSPS) is 35.0. The first-order valence-electron chi connectivity index (χ1n) is 14.3. The number of ketones is 2. The molecule has 0 amide bonds. The van der Waals surface area contributed by atoms with Gasteiger partial charge in [-0.2, -0.15) is 5.26 Å². The van der Waals surface area contributed by atoms with Crippen molar-refractivity contribution in [3.8, 4) is 17.9 Å². The Morgan fingerprint density at radius 2 is 1.90 bits per heavy atom. The minimum absolute atomic E-state index is 0.0261. The summed E-state index contributed by atoms with van der Waals surface area (Å²) in [5, 5.41) is 20.9. The Kier molecular flexibility index (Phi) is 6.36. The van der Waals surface area contributed by atoms with Crippen molar-refractivity contribution in [2.75, 3.05) is 0 Å². The van der Waals surface area contributed by atoms with Crippen LogP contribution in [0.25, 0.3) is 0 Å². The van der Waals surface area contributed by atoms with Gasteiger partial charge < -0.3 is 5.11 Å². The quantitative estimate of drug-likeness (QED) is 0.370. The summed E-state index contributed by atoms with van der Waals surface area (Å²) in [6.07, 6.45) is 14.8. The summed E-state index contributed by atoms with van der Waals surface area (Å²) < 4.78 is 0. The first kappa shape index (κ1) is 25.8. The fraction of sp³-hybridized carbons (Fsp3) is 0.457. The van der Waals surface area contributed by atoms with Gasteiger partial charge >= 0.3 is 0 Å². The first-order valence-corrected chi connectivity index (χ1v) is 14.3. The molecule has 0 bridgehead atoms. The Bertz CT molecular complexity index is 1470. The highest BCUT2D eigenvalue weighted by atomic mass is 16.3. The van der Waals surface area contributed by atoms with Crippen LogP contribution in [0.4, 0.5) is 0 Å². The van der Waals surface area contributed by atoms with Gasteiger partial charge in [0, 0.05) is 23.0 Å². The van der Waals surface area contributed by atoms with E-state index in [2.05, 4.69) is 37.0 Å². The van der Waals surface area contributed by atoms with Crippen molar-refractivity contribution in [3.05, 3.63) is 82.0 Å². The zero-order chi connectivity index (χ0) is 27.4. The van der Waals surface area contributed by atoms with Crippen LogP contribution in [-0.4, -0.2) is 22.3 Å². The molecule has 0 spiro atoms. The highest BCUT2D eigenvalue weighted by molar-refractivity contribution is 6.10. The molecule has 2 saturated carbocycles. The van der Waals surface area contributed by atoms with E-state index in [4.69, 9.17) is 5.26 Å². The van der Waals surface area contributed by atoms with Gasteiger partial charge in [-0.25, -0.2) is 0 Å². The Balaban J connectivity index is 1.36. The lowest BCUT2D eigenvalue weighted by atomic mass is 9.50. The number of hydrogen-bond donors (Lipinski definition) is 1. The van der Waals surface area contributed by atoms with Crippen molar-refractivity contribution in [1.29, 1.82) is 5.26 Å². The number of aliphatic hydroxyl groups is 1. The molecular weight excluding hydrogens is 482 g/mol. The maximum atomic E-state index is 13.2. The molecule has 0 heterocycles. The second kappa shape index (κ2) is 9.62. The average molecular weight is 518 g/mol. The lowest BCUT2D eigenvalue weighted by Crippen LogP contribution is -2.52. The molecule has 0 radical (unpaired) electrons. The number of benzene rings is 1. The molecule has 6 unspecified atom stereocenters. The molecule has 39 heavy (non-hydrogen) atoms. The molecule has 1 aromatic carbocycles. The molecule has 5 aliphatic carbocycles. The van der Waals surface area contributed by atoms with E-state index in [1.165, 1.54) is 16.7 Å². The second-order valence-corrected chi connectivity index (χ2v) is 12.3. The van der Waals surface area contributed by atoms with E-state index >= 15 is 0 Å². The number of fused-ring (bicyclic) bond motifs is 4. The summed E-state index contributed by atoms with van der Waals surface area (Å²) in [7, 11) is 0. The van der Waals surface area contributed by atoms with E-state index < -0.39 is 5.60 Å². The highest BCUT2D eigenvalue weighted by Gasteiger charge is 2.63. The molecule has 198 valence electrons. The standard InChI is InChI=1S/C35H35NO3/c1-3-17-35(39)18-16-31-29-14-12-26-19-27(37)13-15-28(26)32(29)30(20-34(31,35)2)23-8-10-25(11-9-23)33(38)24-6-4-22(21-36)5-7-24/h4-8,10-11,19,23,29-31,39H,9,12-16,18,20H2,1-2H3. The average Bonchev–Trinajstić information content (AvgIpc) is 3.22. The molecule has 6 atom stereocenters. The highest BCUT2D eigenvalue weighted by Crippen LogP contribution is 2.66. The maximum absolute atomic E-state index is 13.2. The number of nitrogens with zero attached hydrogens (tertiary/aromatic N) is 1. The van der Waals surface area contributed by atoms with Crippen molar-refractivity contribution in [1.82, 2.24) is 0 Å². The molecule has 5 aliphatic rings. The minimum Gasteiger partial charge on any atom is -0.377 e. The third kappa shape index (κ3) is 4.09. The van der Waals surface area contributed by atoms with Crippen LogP contribution >= 0.6 is 0 Å². The van der Waals surface area contributed by atoms with Gasteiger partial charge in [-0.05, 0) is 117 Å². The minimum atomic E-state index is -0.982. The number of rotatable bonds is 3. The molecular formula is C35H35NO3. The molecule has 0 aliphatic heterocycles. The van der Waals surface area contributed by atoms with Gasteiger partial charge in [0.2, 0.25) is 0 Å². The Morgan fingerprint density at radius 3 is 2.59 bits per heavy atom. The van der Waals surface area contributed by atoms with Gasteiger partial charge in [0.15, 0.2) is 11.6 Å². The number of carbonyl (C=O) groups is 2. The smallest absolute Gasteiger partial charge is 0.192 e. The third-order valence-corrected chi connectivity index (χ3v) is 10.4. The van der Waals surface area contributed by atoms with Crippen molar-refractivity contribution in [3.63, 3.8) is 0 Å². The summed E-state index contributed by atoms with van der Waals surface area (Å²) in [4.78, 5) is 25.5. The zero-order valence-electron chi connectivity index (χ0n) is 22.8. The summed E-state index contributed by atoms with van der Waals surface area (Å²) >= 11 is 0. The number of hydrogen-bond acceptors (Lipinski definition) is 4. The van der Waals surface area contributed by atoms with E-state index in [1.54, 1.807) is 24.3 Å². The maximum Gasteiger partial charge on any atom is 0.192 e. The Labute approximate surface area is 231 Å². The van der Waals surface area contributed by atoms with Crippen LogP contribution in [0, 0.1) is 52.3 Å². The van der Waals surface area contributed by atoms with Crippen LogP contribution in [0.3, 0.4) is 0 Å². The van der Waals surface area contributed by atoms with Crippen LogP contribution in [0.15, 0.2) is 70.9 Å². The van der Waals surface area contributed by atoms with E-state index in [1.807, 2.05) is 19.1 Å². The molecule has 1 aromatic rings. The van der Waals surface area contributed by atoms with Gasteiger partial charge in [-0.1, -0.05) is 36.6 Å². The molecule has 6 rings (SSSR count). The Morgan fingerprint density at radius 1 is 1.10 bits per heavy atom. The molecule has 1 N–H and O–H groups in total. The van der Waals surface area contributed by atoms with Crippen LogP contribution in [-0.2, 0) is 4.79 Å². The topological polar surface area (TPSA) is 78.2 Å². The molecule has 0 saturated heterocycles. The summed E-state index contributed by atoms with van der Waals surface area (Å²) in [6.45, 7) is 4.08. The van der Waals surface area contributed by atoms with Crippen molar-refractivity contribution >= 4 is 11.6 Å². The molecule has 2 fully saturated rings. The van der Waals surface area contributed by atoms with E-state index in [-0.39, 0.29) is 28.8 Å². The fourth-order valence-electron chi connectivity index (χ4n) is 8.49. The van der Waals surface area contributed by atoms with Crippen LogP contribution in [0.1, 0.15) is 81.1 Å². The van der Waals surface area contributed by atoms with Gasteiger partial charge in [-0.15, -0.1) is 5.92 Å². The van der Waals surface area contributed by atoms with Crippen LogP contribution in [0.2, 0.25) is 0 Å². The van der Waals surface area contributed by atoms with Crippen LogP contribution in [0.5, 0.6) is 0 Å². The lowest BCUT2D eigenvalue weighted by molar-refractivity contribution is -0.114. The van der Waals surface area contributed by atoms with E-state index in [0.717, 1.165) is 38.5 Å². The fourth-order valence-corrected chi connectivity index (χ4v) is 8.49. The van der Waals surface area contributed by atoms with Gasteiger partial charge in [0.05, 0.1) is 11.6 Å². The Hall–Kier alpha value is -3.47. The SMILES string of the molecule is CC#CC1(O)CCC2C3CCC4=CC(=O)CCC4=C3C(C3C=CC(C(=O)c4ccc(C#N)cc4)=CC3)CC21C. The summed E-state index contributed by atoms with van der Waals surface area (Å²) in [5.74, 6) is 7.73. The van der Waals surface area contributed by atoms with Crippen molar-refractivity contribution in [2.45, 2.75) is 70.8 Å². The van der Waals surface area contributed by atoms with Crippen molar-refractivity contribution < 1.29 is 14.7 Å².